The number of piperidine rings is 1. The third-order valence-corrected chi connectivity index (χ3v) is 6.27. The van der Waals surface area contributed by atoms with E-state index in [2.05, 4.69) is 9.97 Å². The fourth-order valence-electron chi connectivity index (χ4n) is 3.14. The summed E-state index contributed by atoms with van der Waals surface area (Å²) in [6, 6.07) is -0.113. The topological polar surface area (TPSA) is 49.0 Å². The lowest BCUT2D eigenvalue weighted by Crippen LogP contribution is -2.42. The molecule has 1 fully saturated rings. The van der Waals surface area contributed by atoms with Crippen molar-refractivity contribution in [3.05, 3.63) is 28.3 Å². The average molecular weight is 386 g/mol. The van der Waals surface area contributed by atoms with Crippen molar-refractivity contribution < 1.29 is 13.6 Å². The number of hydrogen-bond acceptors (Lipinski definition) is 4. The summed E-state index contributed by atoms with van der Waals surface area (Å²) >= 11 is 2.77. The van der Waals surface area contributed by atoms with Crippen LogP contribution in [0.15, 0.2) is 17.0 Å². The molecule has 1 aliphatic rings. The highest BCUT2D eigenvalue weighted by Crippen LogP contribution is 2.36. The molecule has 3 rings (SSSR count). The number of nitrogens with one attached hydrogen (secondary N) is 1. The van der Waals surface area contributed by atoms with E-state index in [0.29, 0.717) is 23.6 Å². The number of alkyl halides is 2. The van der Waals surface area contributed by atoms with Crippen molar-refractivity contribution in [1.82, 2.24) is 14.9 Å². The number of carbonyl (C=O) groups is 1. The molecule has 1 saturated heterocycles. The van der Waals surface area contributed by atoms with Crippen LogP contribution in [0.3, 0.4) is 0 Å². The number of imidazole rings is 1. The lowest BCUT2D eigenvalue weighted by Gasteiger charge is -2.36. The van der Waals surface area contributed by atoms with Crippen molar-refractivity contribution in [3.8, 4) is 11.3 Å². The van der Waals surface area contributed by atoms with Crippen LogP contribution in [0.25, 0.3) is 11.3 Å². The van der Waals surface area contributed by atoms with E-state index in [-0.39, 0.29) is 22.8 Å². The predicted molar refractivity (Wildman–Crippen MR) is 98.1 cm³/mol. The quantitative estimate of drug-likeness (QED) is 0.798. The van der Waals surface area contributed by atoms with Gasteiger partial charge >= 0.3 is 0 Å². The maximum Gasteiger partial charge on any atom is 0.265 e. The Balaban J connectivity index is 1.87. The Morgan fingerprint density at radius 1 is 1.44 bits per heavy atom. The molecule has 4 nitrogen and oxygen atoms in total. The van der Waals surface area contributed by atoms with Crippen LogP contribution in [-0.2, 0) is 4.79 Å². The zero-order valence-electron chi connectivity index (χ0n) is 14.2. The van der Waals surface area contributed by atoms with Gasteiger partial charge in [-0.3, -0.25) is 4.79 Å². The molecule has 1 amide bonds. The molecule has 0 saturated carbocycles. The minimum Gasteiger partial charge on any atom is -0.346 e. The van der Waals surface area contributed by atoms with Gasteiger partial charge in [-0.2, -0.15) is 23.1 Å². The zero-order valence-corrected chi connectivity index (χ0v) is 15.8. The van der Waals surface area contributed by atoms with Gasteiger partial charge in [0.05, 0.1) is 17.0 Å². The molecule has 2 atom stereocenters. The van der Waals surface area contributed by atoms with Gasteiger partial charge in [-0.15, -0.1) is 0 Å². The van der Waals surface area contributed by atoms with Gasteiger partial charge in [0, 0.05) is 34.6 Å². The fourth-order valence-corrected chi connectivity index (χ4v) is 4.32. The fraction of sp³-hybridized carbons (Fsp3) is 0.529. The van der Waals surface area contributed by atoms with Gasteiger partial charge in [0.2, 0.25) is 5.91 Å². The summed E-state index contributed by atoms with van der Waals surface area (Å²) in [6.45, 7) is 2.62. The second kappa shape index (κ2) is 7.86. The van der Waals surface area contributed by atoms with Crippen LogP contribution in [-0.4, -0.2) is 38.8 Å². The van der Waals surface area contributed by atoms with Crippen LogP contribution in [0.2, 0.25) is 0 Å². The summed E-state index contributed by atoms with van der Waals surface area (Å²) in [5.74, 6) is 0.793. The summed E-state index contributed by atoms with van der Waals surface area (Å²) in [5.41, 5.74) is 0.992. The number of rotatable bonds is 5. The van der Waals surface area contributed by atoms with Crippen LogP contribution < -0.4 is 0 Å². The van der Waals surface area contributed by atoms with Gasteiger partial charge < -0.3 is 9.88 Å². The minimum absolute atomic E-state index is 0.00984. The Morgan fingerprint density at radius 2 is 2.24 bits per heavy atom. The van der Waals surface area contributed by atoms with E-state index in [0.717, 1.165) is 19.3 Å². The van der Waals surface area contributed by atoms with E-state index >= 15 is 0 Å². The maximum atomic E-state index is 13.1. The molecule has 136 valence electrons. The van der Waals surface area contributed by atoms with E-state index in [1.807, 2.05) is 18.1 Å². The third-order valence-electron chi connectivity index (χ3n) is 4.60. The van der Waals surface area contributed by atoms with Gasteiger partial charge in [-0.25, -0.2) is 13.8 Å². The molecule has 0 radical (unpaired) electrons. The van der Waals surface area contributed by atoms with Crippen molar-refractivity contribution in [2.24, 2.45) is 0 Å². The number of H-pyrrole nitrogens is 1. The number of hydrogen-bond donors (Lipinski definition) is 1. The lowest BCUT2D eigenvalue weighted by atomic mass is 10.0. The summed E-state index contributed by atoms with van der Waals surface area (Å²) in [6.07, 6.45) is 3.92. The first kappa shape index (κ1) is 18.4. The first-order valence-electron chi connectivity index (χ1n) is 8.26. The zero-order chi connectivity index (χ0) is 18.0. The lowest BCUT2D eigenvalue weighted by molar-refractivity contribution is -0.134. The van der Waals surface area contributed by atoms with Gasteiger partial charge in [-0.1, -0.05) is 0 Å². The molecular formula is C17H21F2N3OS2. The smallest absolute Gasteiger partial charge is 0.265 e. The Bertz CT molecular complexity index is 731. The Kier molecular flexibility index (Phi) is 5.78. The number of amides is 1. The average Bonchev–Trinajstić information content (AvgIpc) is 3.29. The number of thiophene rings is 1. The molecular weight excluding hydrogens is 364 g/mol. The molecule has 3 heterocycles. The van der Waals surface area contributed by atoms with Crippen LogP contribution in [0.4, 0.5) is 8.78 Å². The highest BCUT2D eigenvalue weighted by atomic mass is 32.2. The molecule has 8 heteroatoms. The Labute approximate surface area is 154 Å². The van der Waals surface area contributed by atoms with Gasteiger partial charge in [0.25, 0.3) is 6.43 Å². The molecule has 0 aliphatic carbocycles. The second-order valence-corrected chi connectivity index (χ2v) is 8.06. The first-order valence-corrected chi connectivity index (χ1v) is 10.5. The molecule has 1 N–H and O–H groups in total. The summed E-state index contributed by atoms with van der Waals surface area (Å²) < 4.78 is 26.2. The highest BCUT2D eigenvalue weighted by Gasteiger charge is 2.32. The molecule has 0 aromatic carbocycles. The predicted octanol–water partition coefficient (Wildman–Crippen LogP) is 4.88. The van der Waals surface area contributed by atoms with E-state index in [9.17, 15) is 13.6 Å². The summed E-state index contributed by atoms with van der Waals surface area (Å²) in [5, 5.41) is 3.06. The number of aromatic nitrogens is 2. The van der Waals surface area contributed by atoms with Gasteiger partial charge in [0.15, 0.2) is 0 Å². The van der Waals surface area contributed by atoms with Crippen molar-refractivity contribution in [2.45, 2.75) is 43.9 Å². The van der Waals surface area contributed by atoms with Crippen LogP contribution >= 0.6 is 23.1 Å². The summed E-state index contributed by atoms with van der Waals surface area (Å²) in [4.78, 5) is 22.2. The van der Waals surface area contributed by atoms with Crippen LogP contribution in [0, 0.1) is 0 Å². The first-order chi connectivity index (χ1) is 12.0. The van der Waals surface area contributed by atoms with Crippen molar-refractivity contribution >= 4 is 29.0 Å². The molecule has 0 bridgehead atoms. The maximum absolute atomic E-state index is 13.1. The molecule has 2 unspecified atom stereocenters. The minimum atomic E-state index is -2.52. The van der Waals surface area contributed by atoms with Gasteiger partial charge in [-0.05, 0) is 32.4 Å². The second-order valence-electron chi connectivity index (χ2n) is 6.13. The van der Waals surface area contributed by atoms with Crippen molar-refractivity contribution in [3.63, 3.8) is 0 Å². The van der Waals surface area contributed by atoms with E-state index in [1.54, 1.807) is 11.6 Å². The Morgan fingerprint density at radius 3 is 2.96 bits per heavy atom. The summed E-state index contributed by atoms with van der Waals surface area (Å²) in [7, 11) is 0. The van der Waals surface area contributed by atoms with E-state index in [4.69, 9.17) is 0 Å². The number of likely N-dealkylation sites (tertiary alicyclic amines) is 1. The number of halogens is 2. The molecule has 0 spiro atoms. The molecule has 2 aromatic rings. The third kappa shape index (κ3) is 3.74. The van der Waals surface area contributed by atoms with Crippen LogP contribution in [0.1, 0.15) is 50.0 Å². The normalized spacial score (nSPS) is 19.4. The molecule has 25 heavy (non-hydrogen) atoms. The highest BCUT2D eigenvalue weighted by molar-refractivity contribution is 7.99. The number of aromatic amines is 1. The van der Waals surface area contributed by atoms with E-state index < -0.39 is 6.43 Å². The van der Waals surface area contributed by atoms with Gasteiger partial charge in [0.1, 0.15) is 5.82 Å². The number of carbonyl (C=O) groups excluding carboxylic acids is 1. The number of nitrogens with zero attached hydrogens (tertiary/aromatic N) is 2. The standard InChI is InChI=1S/C17H21F2N3OS2/c1-10(24-2)17(23)22-6-4-3-5-14(22)16-20-7-13(21-16)11-8-25-9-12(11)15(18)19/h7-10,14-15H,3-6H2,1-2H3,(H,20,21). The van der Waals surface area contributed by atoms with E-state index in [1.165, 1.54) is 28.5 Å². The molecule has 2 aromatic heterocycles. The van der Waals surface area contributed by atoms with Crippen LogP contribution in [0.5, 0.6) is 0 Å². The Hall–Kier alpha value is -1.41. The number of thioether (sulfide) groups is 1. The molecule has 1 aliphatic heterocycles. The largest absolute Gasteiger partial charge is 0.346 e. The van der Waals surface area contributed by atoms with Crippen molar-refractivity contribution in [2.75, 3.05) is 12.8 Å². The SMILES string of the molecule is CSC(C)C(=O)N1CCCCC1c1nc(-c2cscc2C(F)F)c[nH]1. The monoisotopic (exact) mass is 385 g/mol. The van der Waals surface area contributed by atoms with Crippen molar-refractivity contribution in [1.29, 1.82) is 0 Å².